The molecule has 0 spiro atoms. The highest BCUT2D eigenvalue weighted by Gasteiger charge is 2.48. The summed E-state index contributed by atoms with van der Waals surface area (Å²) in [4.78, 5) is 2.21. The van der Waals surface area contributed by atoms with Gasteiger partial charge in [-0.3, -0.25) is 5.32 Å². The summed E-state index contributed by atoms with van der Waals surface area (Å²) < 4.78 is 5.09. The highest BCUT2D eigenvalue weighted by atomic mass is 16.5. The lowest BCUT2D eigenvalue weighted by molar-refractivity contribution is 0.143. The van der Waals surface area contributed by atoms with Crippen LogP contribution < -0.4 is 5.32 Å². The molecule has 0 heterocycles. The summed E-state index contributed by atoms with van der Waals surface area (Å²) in [6.45, 7) is 2.43. The van der Waals surface area contributed by atoms with Crippen LogP contribution in [0.2, 0.25) is 0 Å². The summed E-state index contributed by atoms with van der Waals surface area (Å²) in [6.07, 6.45) is 4.87. The third kappa shape index (κ3) is 3.41. The van der Waals surface area contributed by atoms with E-state index in [-0.39, 0.29) is 5.54 Å². The van der Waals surface area contributed by atoms with E-state index in [0.29, 0.717) is 12.0 Å². The second-order valence-corrected chi connectivity index (χ2v) is 5.51. The summed E-state index contributed by atoms with van der Waals surface area (Å²) in [6, 6.07) is 3.15. The summed E-state index contributed by atoms with van der Waals surface area (Å²) in [5.74, 6) is 0.554. The predicted molar refractivity (Wildman–Crippen MR) is 66.6 cm³/mol. The largest absolute Gasteiger partial charge is 0.383 e. The Hall–Kier alpha value is -0.630. The Morgan fingerprint density at radius 1 is 1.41 bits per heavy atom. The van der Waals surface area contributed by atoms with Crippen LogP contribution in [0.3, 0.4) is 0 Å². The molecule has 96 valence electrons. The number of methoxy groups -OCH3 is 1. The number of nitrogens with one attached hydrogen (secondary N) is 1. The number of hydrogen-bond acceptors (Lipinski definition) is 4. The Morgan fingerprint density at radius 3 is 2.59 bits per heavy atom. The van der Waals surface area contributed by atoms with E-state index >= 15 is 0 Å². The molecule has 0 aromatic rings. The minimum absolute atomic E-state index is 0.316. The Bertz CT molecular complexity index is 294. The molecule has 4 heteroatoms. The molecule has 2 fully saturated rings. The fourth-order valence-electron chi connectivity index (χ4n) is 2.37. The molecule has 0 aromatic carbocycles. The Labute approximate surface area is 104 Å². The van der Waals surface area contributed by atoms with Crippen molar-refractivity contribution in [2.24, 2.45) is 5.92 Å². The molecule has 1 unspecified atom stereocenters. The van der Waals surface area contributed by atoms with Gasteiger partial charge in [0.05, 0.1) is 12.7 Å². The fraction of sp³-hybridized carbons (Fsp3) is 0.923. The maximum atomic E-state index is 9.57. The highest BCUT2D eigenvalue weighted by Crippen LogP contribution is 2.41. The summed E-state index contributed by atoms with van der Waals surface area (Å²) in [7, 11) is 3.79. The minimum Gasteiger partial charge on any atom is -0.383 e. The molecular formula is C13H23N3O. The van der Waals surface area contributed by atoms with Gasteiger partial charge in [-0.1, -0.05) is 0 Å². The first-order valence-corrected chi connectivity index (χ1v) is 6.56. The molecular weight excluding hydrogens is 214 g/mol. The minimum atomic E-state index is -0.316. The molecule has 0 radical (unpaired) electrons. The molecule has 4 nitrogen and oxygen atoms in total. The van der Waals surface area contributed by atoms with Gasteiger partial charge in [-0.2, -0.15) is 5.26 Å². The first kappa shape index (κ1) is 12.8. The van der Waals surface area contributed by atoms with Crippen LogP contribution in [0.15, 0.2) is 0 Å². The monoisotopic (exact) mass is 237 g/mol. The van der Waals surface area contributed by atoms with Crippen LogP contribution in [-0.2, 0) is 4.74 Å². The zero-order valence-electron chi connectivity index (χ0n) is 10.9. The number of nitriles is 1. The lowest BCUT2D eigenvalue weighted by atomic mass is 9.94. The average Bonchev–Trinajstić information content (AvgIpc) is 3.15. The van der Waals surface area contributed by atoms with Crippen LogP contribution in [0.4, 0.5) is 0 Å². The molecule has 0 bridgehead atoms. The van der Waals surface area contributed by atoms with E-state index in [1.54, 1.807) is 7.11 Å². The van der Waals surface area contributed by atoms with Gasteiger partial charge in [0.2, 0.25) is 0 Å². The summed E-state index contributed by atoms with van der Waals surface area (Å²) in [5, 5.41) is 13.1. The second-order valence-electron chi connectivity index (χ2n) is 5.51. The lowest BCUT2D eigenvalue weighted by Crippen LogP contribution is -2.55. The number of ether oxygens (including phenoxy) is 1. The molecule has 2 aliphatic carbocycles. The smallest absolute Gasteiger partial charge is 0.122 e. The fourth-order valence-corrected chi connectivity index (χ4v) is 2.37. The van der Waals surface area contributed by atoms with Gasteiger partial charge in [-0.25, -0.2) is 0 Å². The van der Waals surface area contributed by atoms with Gasteiger partial charge >= 0.3 is 0 Å². The van der Waals surface area contributed by atoms with Crippen molar-refractivity contribution >= 4 is 0 Å². The quantitative estimate of drug-likeness (QED) is 0.684. The van der Waals surface area contributed by atoms with Crippen LogP contribution in [0.5, 0.6) is 0 Å². The van der Waals surface area contributed by atoms with E-state index in [1.165, 1.54) is 25.7 Å². The molecule has 1 atom stereocenters. The van der Waals surface area contributed by atoms with Crippen LogP contribution in [0.1, 0.15) is 25.7 Å². The van der Waals surface area contributed by atoms with Gasteiger partial charge in [-0.05, 0) is 38.6 Å². The van der Waals surface area contributed by atoms with Crippen molar-refractivity contribution < 1.29 is 4.74 Å². The molecule has 2 saturated carbocycles. The van der Waals surface area contributed by atoms with Crippen molar-refractivity contribution in [2.45, 2.75) is 37.3 Å². The van der Waals surface area contributed by atoms with Gasteiger partial charge in [0, 0.05) is 26.2 Å². The number of hydrogen-bond donors (Lipinski definition) is 1. The molecule has 0 amide bonds. The first-order chi connectivity index (χ1) is 8.20. The predicted octanol–water partition coefficient (Wildman–Crippen LogP) is 0.989. The zero-order valence-corrected chi connectivity index (χ0v) is 10.9. The van der Waals surface area contributed by atoms with Crippen molar-refractivity contribution in [1.29, 1.82) is 5.26 Å². The third-order valence-electron chi connectivity index (χ3n) is 3.71. The van der Waals surface area contributed by atoms with Gasteiger partial charge < -0.3 is 9.64 Å². The number of nitrogens with zero attached hydrogens (tertiary/aromatic N) is 2. The maximum Gasteiger partial charge on any atom is 0.122 e. The lowest BCUT2D eigenvalue weighted by Gasteiger charge is -2.32. The third-order valence-corrected chi connectivity index (χ3v) is 3.71. The van der Waals surface area contributed by atoms with E-state index in [2.05, 4.69) is 23.3 Å². The Morgan fingerprint density at radius 2 is 2.12 bits per heavy atom. The second kappa shape index (κ2) is 5.34. The average molecular weight is 237 g/mol. The van der Waals surface area contributed by atoms with Crippen molar-refractivity contribution in [3.8, 4) is 6.07 Å². The van der Waals surface area contributed by atoms with E-state index in [1.807, 2.05) is 0 Å². The summed E-state index contributed by atoms with van der Waals surface area (Å²) in [5.41, 5.74) is -0.316. The van der Waals surface area contributed by atoms with Crippen molar-refractivity contribution in [3.05, 3.63) is 0 Å². The SMILES string of the molecule is COCCN(C)CC(C#N)(NC1CC1)C1CC1. The summed E-state index contributed by atoms with van der Waals surface area (Å²) >= 11 is 0. The molecule has 2 aliphatic rings. The van der Waals surface area contributed by atoms with E-state index in [4.69, 9.17) is 4.74 Å². The zero-order chi connectivity index (χ0) is 12.3. The standard InChI is InChI=1S/C13H23N3O/c1-16(7-8-17-2)10-13(9-14,11-3-4-11)15-12-5-6-12/h11-12,15H,3-8,10H2,1-2H3. The van der Waals surface area contributed by atoms with Crippen molar-refractivity contribution in [2.75, 3.05) is 33.9 Å². The van der Waals surface area contributed by atoms with E-state index < -0.39 is 0 Å². The van der Waals surface area contributed by atoms with Gasteiger partial charge in [0.1, 0.15) is 5.54 Å². The van der Waals surface area contributed by atoms with Gasteiger partial charge in [0.15, 0.2) is 0 Å². The molecule has 2 rings (SSSR count). The van der Waals surface area contributed by atoms with Gasteiger partial charge in [-0.15, -0.1) is 0 Å². The van der Waals surface area contributed by atoms with Gasteiger partial charge in [0.25, 0.3) is 0 Å². The molecule has 0 saturated heterocycles. The Kier molecular flexibility index (Phi) is 4.03. The normalized spacial score (nSPS) is 23.4. The molecule has 1 N–H and O–H groups in total. The first-order valence-electron chi connectivity index (χ1n) is 6.56. The van der Waals surface area contributed by atoms with Crippen molar-refractivity contribution in [3.63, 3.8) is 0 Å². The molecule has 0 aromatic heterocycles. The Balaban J connectivity index is 1.91. The van der Waals surface area contributed by atoms with Crippen LogP contribution >= 0.6 is 0 Å². The van der Waals surface area contributed by atoms with Crippen LogP contribution in [-0.4, -0.2) is 50.3 Å². The number of likely N-dealkylation sites (N-methyl/N-ethyl adjacent to an activating group) is 1. The topological polar surface area (TPSA) is 48.3 Å². The molecule has 17 heavy (non-hydrogen) atoms. The maximum absolute atomic E-state index is 9.57. The number of rotatable bonds is 8. The molecule has 0 aliphatic heterocycles. The highest BCUT2D eigenvalue weighted by molar-refractivity contribution is 5.18. The van der Waals surface area contributed by atoms with Crippen LogP contribution in [0, 0.1) is 17.2 Å². The van der Waals surface area contributed by atoms with Crippen LogP contribution in [0.25, 0.3) is 0 Å². The van der Waals surface area contributed by atoms with E-state index in [0.717, 1.165) is 19.7 Å². The van der Waals surface area contributed by atoms with Crippen molar-refractivity contribution in [1.82, 2.24) is 10.2 Å². The van der Waals surface area contributed by atoms with E-state index in [9.17, 15) is 5.26 Å².